The molecule has 2 aromatic heterocycles. The lowest BCUT2D eigenvalue weighted by Crippen LogP contribution is -2.32. The van der Waals surface area contributed by atoms with Crippen molar-refractivity contribution in [3.63, 3.8) is 0 Å². The molecular formula is C17H14F3N3O4. The third-order valence-corrected chi connectivity index (χ3v) is 5.32. The van der Waals surface area contributed by atoms with Crippen LogP contribution in [0.5, 0.6) is 11.8 Å². The molecule has 2 bridgehead atoms. The van der Waals surface area contributed by atoms with E-state index in [1.54, 1.807) is 13.8 Å². The Morgan fingerprint density at radius 3 is 2.52 bits per heavy atom. The van der Waals surface area contributed by atoms with E-state index < -0.39 is 46.6 Å². The van der Waals surface area contributed by atoms with Crippen LogP contribution in [0.1, 0.15) is 37.0 Å². The van der Waals surface area contributed by atoms with Crippen LogP contribution in [0.2, 0.25) is 0 Å². The van der Waals surface area contributed by atoms with Gasteiger partial charge in [-0.05, 0) is 19.9 Å². The zero-order valence-electron chi connectivity index (χ0n) is 14.2. The third-order valence-electron chi connectivity index (χ3n) is 5.32. The van der Waals surface area contributed by atoms with Crippen molar-refractivity contribution in [1.82, 2.24) is 9.55 Å². The average Bonchev–Trinajstić information content (AvgIpc) is 3.07. The number of ether oxygens (including phenoxy) is 1. The molecule has 2 unspecified atom stereocenters. The molecule has 3 atom stereocenters. The summed E-state index contributed by atoms with van der Waals surface area (Å²) >= 11 is 0. The molecule has 0 aromatic carbocycles. The summed E-state index contributed by atoms with van der Waals surface area (Å²) in [5.74, 6) is -1.87. The van der Waals surface area contributed by atoms with Gasteiger partial charge in [0.15, 0.2) is 0 Å². The second-order valence-electron chi connectivity index (χ2n) is 7.07. The van der Waals surface area contributed by atoms with E-state index in [1.807, 2.05) is 0 Å². The predicted octanol–water partition coefficient (Wildman–Crippen LogP) is 3.08. The molecule has 3 N–H and O–H groups in total. The first kappa shape index (κ1) is 17.6. The van der Waals surface area contributed by atoms with Crippen LogP contribution < -0.4 is 0 Å². The minimum absolute atomic E-state index is 0.129. The van der Waals surface area contributed by atoms with Gasteiger partial charge in [0.2, 0.25) is 11.8 Å². The SMILES string of the molecule is [C-]#[N+]c1ncc(-n2c(O)c3c(c2O)C2(C)OC3(C)C[C@@H]2O)cc1C(F)(F)F. The Balaban J connectivity index is 1.98. The van der Waals surface area contributed by atoms with Crippen LogP contribution in [-0.4, -0.2) is 31.0 Å². The highest BCUT2D eigenvalue weighted by Gasteiger charge is 2.64. The van der Waals surface area contributed by atoms with Crippen LogP contribution in [0, 0.1) is 6.57 Å². The Labute approximate surface area is 151 Å². The van der Waals surface area contributed by atoms with Gasteiger partial charge >= 0.3 is 6.18 Å². The number of fused-ring (bicyclic) bond motifs is 5. The number of hydrogen-bond donors (Lipinski definition) is 3. The van der Waals surface area contributed by atoms with Crippen LogP contribution >= 0.6 is 0 Å². The van der Waals surface area contributed by atoms with Crippen molar-refractivity contribution < 1.29 is 33.2 Å². The first-order chi connectivity index (χ1) is 12.4. The van der Waals surface area contributed by atoms with Gasteiger partial charge in [-0.3, -0.25) is 0 Å². The van der Waals surface area contributed by atoms with Gasteiger partial charge < -0.3 is 24.9 Å². The lowest BCUT2D eigenvalue weighted by Gasteiger charge is -2.25. The van der Waals surface area contributed by atoms with E-state index in [9.17, 15) is 28.5 Å². The third kappa shape index (κ3) is 2.06. The zero-order chi connectivity index (χ0) is 19.9. The van der Waals surface area contributed by atoms with Crippen molar-refractivity contribution in [2.75, 3.05) is 0 Å². The van der Waals surface area contributed by atoms with E-state index in [0.717, 1.165) is 10.8 Å². The number of hydrogen-bond acceptors (Lipinski definition) is 5. The normalized spacial score (nSPS) is 29.0. The van der Waals surface area contributed by atoms with Crippen LogP contribution in [0.15, 0.2) is 12.3 Å². The number of rotatable bonds is 1. The maximum atomic E-state index is 13.2. The molecule has 0 saturated carbocycles. The number of pyridine rings is 1. The van der Waals surface area contributed by atoms with Gasteiger partial charge in [0.25, 0.3) is 5.82 Å². The summed E-state index contributed by atoms with van der Waals surface area (Å²) in [7, 11) is 0. The maximum Gasteiger partial charge on any atom is 0.409 e. The fraction of sp³-hybridized carbons (Fsp3) is 0.412. The molecule has 27 heavy (non-hydrogen) atoms. The molecule has 0 aliphatic carbocycles. The zero-order valence-corrected chi connectivity index (χ0v) is 14.2. The van der Waals surface area contributed by atoms with E-state index in [0.29, 0.717) is 6.07 Å². The summed E-state index contributed by atoms with van der Waals surface area (Å²) in [6.45, 7) is 10.0. The quantitative estimate of drug-likeness (QED) is 0.661. The predicted molar refractivity (Wildman–Crippen MR) is 84.6 cm³/mol. The highest BCUT2D eigenvalue weighted by Crippen LogP contribution is 2.64. The van der Waals surface area contributed by atoms with Crippen molar-refractivity contribution in [3.8, 4) is 17.4 Å². The summed E-state index contributed by atoms with van der Waals surface area (Å²) < 4.78 is 46.3. The highest BCUT2D eigenvalue weighted by molar-refractivity contribution is 5.62. The average molecular weight is 381 g/mol. The molecule has 2 aliphatic rings. The molecule has 0 spiro atoms. The fourth-order valence-corrected chi connectivity index (χ4v) is 4.14. The molecule has 0 amide bonds. The number of aliphatic hydroxyl groups excluding tert-OH is 1. The summed E-state index contributed by atoms with van der Waals surface area (Å²) in [6.07, 6.45) is -4.66. The molecule has 0 radical (unpaired) electrons. The number of nitrogens with zero attached hydrogens (tertiary/aromatic N) is 3. The van der Waals surface area contributed by atoms with Gasteiger partial charge in [0.1, 0.15) is 11.8 Å². The molecular weight excluding hydrogens is 367 g/mol. The Morgan fingerprint density at radius 1 is 1.30 bits per heavy atom. The summed E-state index contributed by atoms with van der Waals surface area (Å²) in [4.78, 5) is 6.27. The Kier molecular flexibility index (Phi) is 3.22. The van der Waals surface area contributed by atoms with Gasteiger partial charge in [0.05, 0.1) is 34.1 Å². The van der Waals surface area contributed by atoms with Crippen LogP contribution in [0.4, 0.5) is 19.0 Å². The Morgan fingerprint density at radius 2 is 1.93 bits per heavy atom. The van der Waals surface area contributed by atoms with E-state index in [4.69, 9.17) is 11.3 Å². The molecule has 2 aromatic rings. The van der Waals surface area contributed by atoms with Gasteiger partial charge in [-0.1, -0.05) is 6.57 Å². The van der Waals surface area contributed by atoms with Crippen molar-refractivity contribution in [3.05, 3.63) is 40.4 Å². The minimum atomic E-state index is -4.83. The molecule has 7 nitrogen and oxygen atoms in total. The smallest absolute Gasteiger partial charge is 0.409 e. The van der Waals surface area contributed by atoms with E-state index in [2.05, 4.69) is 9.83 Å². The highest BCUT2D eigenvalue weighted by atomic mass is 19.4. The summed E-state index contributed by atoms with van der Waals surface area (Å²) in [6, 6.07) is 0.638. The van der Waals surface area contributed by atoms with E-state index in [-0.39, 0.29) is 23.2 Å². The standard InChI is InChI=1S/C17H14F3N3O4/c1-15-5-9(24)16(2,27-15)11-10(15)13(25)23(14(11)26)7-4-8(17(18,19)20)12(21-3)22-6-7/h4,6,9,24-26H,5H2,1-2H3/t9-,15?,16?/m0/s1. The van der Waals surface area contributed by atoms with Crippen molar-refractivity contribution >= 4 is 5.82 Å². The topological polar surface area (TPSA) is 92.1 Å². The van der Waals surface area contributed by atoms with Crippen LogP contribution in [0.25, 0.3) is 10.5 Å². The van der Waals surface area contributed by atoms with Gasteiger partial charge in [0, 0.05) is 6.42 Å². The summed E-state index contributed by atoms with van der Waals surface area (Å²) in [5, 5.41) is 31.6. The molecule has 1 saturated heterocycles. The van der Waals surface area contributed by atoms with E-state index in [1.165, 1.54) is 0 Å². The minimum Gasteiger partial charge on any atom is -0.494 e. The van der Waals surface area contributed by atoms with Gasteiger partial charge in [-0.15, -0.1) is 4.98 Å². The molecule has 10 heteroatoms. The second kappa shape index (κ2) is 4.94. The number of alkyl halides is 3. The number of halogens is 3. The van der Waals surface area contributed by atoms with Crippen molar-refractivity contribution in [1.29, 1.82) is 0 Å². The molecule has 142 valence electrons. The molecule has 4 rings (SSSR count). The number of aliphatic hydroxyl groups is 1. The van der Waals surface area contributed by atoms with E-state index >= 15 is 0 Å². The number of aromatic nitrogens is 2. The van der Waals surface area contributed by atoms with Gasteiger partial charge in [-0.2, -0.15) is 13.2 Å². The second-order valence-corrected chi connectivity index (χ2v) is 7.07. The van der Waals surface area contributed by atoms with Gasteiger partial charge in [-0.25, -0.2) is 4.57 Å². The number of aromatic hydroxyl groups is 2. The maximum absolute atomic E-state index is 13.2. The lowest BCUT2D eigenvalue weighted by molar-refractivity contribution is -0.137. The first-order valence-electron chi connectivity index (χ1n) is 7.95. The fourth-order valence-electron chi connectivity index (χ4n) is 4.14. The largest absolute Gasteiger partial charge is 0.494 e. The summed E-state index contributed by atoms with van der Waals surface area (Å²) in [5.41, 5.74) is -3.58. The molecule has 1 fully saturated rings. The van der Waals surface area contributed by atoms with Crippen LogP contribution in [0.3, 0.4) is 0 Å². The van der Waals surface area contributed by atoms with Crippen molar-refractivity contribution in [2.24, 2.45) is 0 Å². The van der Waals surface area contributed by atoms with Crippen molar-refractivity contribution in [2.45, 2.75) is 43.8 Å². The lowest BCUT2D eigenvalue weighted by atomic mass is 9.78. The molecule has 2 aliphatic heterocycles. The Hall–Kier alpha value is -2.77. The monoisotopic (exact) mass is 381 g/mol. The molecule has 4 heterocycles. The first-order valence-corrected chi connectivity index (χ1v) is 7.95. The van der Waals surface area contributed by atoms with Crippen LogP contribution in [-0.2, 0) is 22.1 Å². The Bertz CT molecular complexity index is 1030.